The summed E-state index contributed by atoms with van der Waals surface area (Å²) in [5.41, 5.74) is -2.81. The molecule has 4 aromatic carbocycles. The van der Waals surface area contributed by atoms with Crippen molar-refractivity contribution < 1.29 is 63.7 Å². The molecule has 1 aliphatic heterocycles. The van der Waals surface area contributed by atoms with Crippen LogP contribution in [0.3, 0.4) is 0 Å². The Balaban J connectivity index is 1.59. The summed E-state index contributed by atoms with van der Waals surface area (Å²) < 4.78 is 134. The number of carbonyl (C=O) groups excluding carboxylic acids is 1. The highest BCUT2D eigenvalue weighted by molar-refractivity contribution is 5.89. The number of cyclic esters (lactones) is 1. The average molecular weight is 712 g/mol. The first-order chi connectivity index (χ1) is 23.2. The highest BCUT2D eigenvalue weighted by atomic mass is 19.4. The number of hydrogen-bond acceptors (Lipinski definition) is 4. The van der Waals surface area contributed by atoms with E-state index in [9.17, 15) is 54.2 Å². The molecule has 50 heavy (non-hydrogen) atoms. The maximum absolute atomic E-state index is 13.9. The van der Waals surface area contributed by atoms with Crippen LogP contribution in [0.1, 0.15) is 56.8 Å². The first-order valence-electron chi connectivity index (χ1n) is 14.7. The van der Waals surface area contributed by atoms with E-state index in [2.05, 4.69) is 0 Å². The zero-order valence-corrected chi connectivity index (χ0v) is 26.2. The number of carbonyl (C=O) groups is 2. The second-order valence-corrected chi connectivity index (χ2v) is 11.6. The standard InChI is InChI=1S/C35H26F9NO5/c1-17-10-20(31(46)47)4-7-26(17)19-5-9-29(49-3)28(14-19)27-8-6-23(33(36,37)38)13-22(27)16-45-18(2)30(50-32(45)48)21-11-24(34(39,40)41)15-25(12-21)35(42,43)44/h4-15,18,30H,16H2,1-3H3,(H,46,47)/t18-,30?/m0/s1. The number of ether oxygens (including phenoxy) is 2. The quantitative estimate of drug-likeness (QED) is 0.193. The third-order valence-electron chi connectivity index (χ3n) is 8.38. The molecular formula is C35H26F9NO5. The van der Waals surface area contributed by atoms with Crippen LogP contribution in [-0.2, 0) is 29.8 Å². The number of amides is 1. The number of halogens is 9. The van der Waals surface area contributed by atoms with Gasteiger partial charge in [-0.05, 0) is 102 Å². The van der Waals surface area contributed by atoms with E-state index in [4.69, 9.17) is 9.47 Å². The molecule has 6 nitrogen and oxygen atoms in total. The van der Waals surface area contributed by atoms with Gasteiger partial charge in [0.15, 0.2) is 0 Å². The van der Waals surface area contributed by atoms with Gasteiger partial charge < -0.3 is 14.6 Å². The van der Waals surface area contributed by atoms with Crippen LogP contribution in [0.5, 0.6) is 5.75 Å². The van der Waals surface area contributed by atoms with Crippen LogP contribution in [0.2, 0.25) is 0 Å². The number of aromatic carboxylic acids is 1. The Hall–Kier alpha value is -5.21. The topological polar surface area (TPSA) is 76.1 Å². The molecule has 0 radical (unpaired) electrons. The van der Waals surface area contributed by atoms with Crippen molar-refractivity contribution in [3.63, 3.8) is 0 Å². The van der Waals surface area contributed by atoms with E-state index in [1.807, 2.05) is 0 Å². The number of carboxylic acids is 1. The van der Waals surface area contributed by atoms with Crippen molar-refractivity contribution in [2.45, 2.75) is 51.1 Å². The van der Waals surface area contributed by atoms with Crippen LogP contribution in [0.25, 0.3) is 22.3 Å². The van der Waals surface area contributed by atoms with Gasteiger partial charge in [0.2, 0.25) is 0 Å². The fraction of sp³-hybridized carbons (Fsp3) is 0.257. The van der Waals surface area contributed by atoms with Crippen LogP contribution in [0.4, 0.5) is 44.3 Å². The Morgan fingerprint density at radius 3 is 1.92 bits per heavy atom. The molecule has 5 rings (SSSR count). The number of aryl methyl sites for hydroxylation is 1. The summed E-state index contributed by atoms with van der Waals surface area (Å²) in [6.07, 6.45) is -18.0. The van der Waals surface area contributed by atoms with Crippen molar-refractivity contribution in [1.29, 1.82) is 0 Å². The number of hydrogen-bond donors (Lipinski definition) is 1. The molecule has 15 heteroatoms. The van der Waals surface area contributed by atoms with Gasteiger partial charge in [-0.15, -0.1) is 0 Å². The predicted octanol–water partition coefficient (Wildman–Crippen LogP) is 10.2. The van der Waals surface area contributed by atoms with Crippen molar-refractivity contribution in [2.75, 3.05) is 7.11 Å². The first kappa shape index (κ1) is 36.1. The largest absolute Gasteiger partial charge is 0.496 e. The smallest absolute Gasteiger partial charge is 0.416 e. The predicted molar refractivity (Wildman–Crippen MR) is 161 cm³/mol. The van der Waals surface area contributed by atoms with Crippen molar-refractivity contribution in [1.82, 2.24) is 4.90 Å². The van der Waals surface area contributed by atoms with Gasteiger partial charge in [-0.3, -0.25) is 4.90 Å². The second kappa shape index (κ2) is 12.9. The van der Waals surface area contributed by atoms with E-state index in [0.717, 1.165) is 23.1 Å². The van der Waals surface area contributed by atoms with E-state index in [-0.39, 0.29) is 34.1 Å². The molecule has 0 aromatic heterocycles. The van der Waals surface area contributed by atoms with Crippen LogP contribution >= 0.6 is 0 Å². The van der Waals surface area contributed by atoms with Crippen LogP contribution < -0.4 is 4.74 Å². The molecule has 4 aromatic rings. The molecule has 1 fully saturated rings. The number of nitrogens with zero attached hydrogens (tertiary/aromatic N) is 1. The molecule has 0 spiro atoms. The Morgan fingerprint density at radius 2 is 1.38 bits per heavy atom. The molecule has 0 bridgehead atoms. The van der Waals surface area contributed by atoms with E-state index in [1.165, 1.54) is 26.2 Å². The Kier molecular flexibility index (Phi) is 9.32. The van der Waals surface area contributed by atoms with Crippen LogP contribution in [0, 0.1) is 6.92 Å². The molecule has 1 heterocycles. The molecule has 1 N–H and O–H groups in total. The lowest BCUT2D eigenvalue weighted by atomic mass is 9.91. The van der Waals surface area contributed by atoms with Gasteiger partial charge in [-0.2, -0.15) is 39.5 Å². The summed E-state index contributed by atoms with van der Waals surface area (Å²) in [7, 11) is 1.32. The normalized spacial score (nSPS) is 16.8. The first-order valence-corrected chi connectivity index (χ1v) is 14.7. The molecule has 0 saturated carbocycles. The van der Waals surface area contributed by atoms with Crippen LogP contribution in [0.15, 0.2) is 72.8 Å². The lowest BCUT2D eigenvalue weighted by Crippen LogP contribution is -2.32. The molecule has 264 valence electrons. The number of rotatable bonds is 7. The summed E-state index contributed by atoms with van der Waals surface area (Å²) in [6.45, 7) is 2.38. The third-order valence-corrected chi connectivity index (χ3v) is 8.38. The van der Waals surface area contributed by atoms with Gasteiger partial charge in [0.25, 0.3) is 0 Å². The zero-order chi connectivity index (χ0) is 36.9. The number of benzene rings is 4. The molecule has 1 amide bonds. The monoisotopic (exact) mass is 711 g/mol. The Bertz CT molecular complexity index is 1940. The summed E-state index contributed by atoms with van der Waals surface area (Å²) in [4.78, 5) is 25.5. The Labute approximate surface area is 278 Å². The number of carboxylic acid groups (broad SMARTS) is 1. The highest BCUT2D eigenvalue weighted by Crippen LogP contribution is 2.43. The molecular weight excluding hydrogens is 685 g/mol. The van der Waals surface area contributed by atoms with Crippen molar-refractivity contribution >= 4 is 12.1 Å². The van der Waals surface area contributed by atoms with Gasteiger partial charge in [-0.25, -0.2) is 9.59 Å². The van der Waals surface area contributed by atoms with Crippen molar-refractivity contribution in [3.05, 3.63) is 112 Å². The summed E-state index contributed by atoms with van der Waals surface area (Å²) in [6, 6.07) is 11.5. The van der Waals surface area contributed by atoms with Gasteiger partial charge in [-0.1, -0.05) is 18.2 Å². The highest BCUT2D eigenvalue weighted by Gasteiger charge is 2.44. The number of methoxy groups -OCH3 is 1. The fourth-order valence-corrected chi connectivity index (χ4v) is 5.86. The maximum atomic E-state index is 13.9. The van der Waals surface area contributed by atoms with E-state index in [0.29, 0.717) is 28.8 Å². The third kappa shape index (κ3) is 7.21. The van der Waals surface area contributed by atoms with Gasteiger partial charge in [0.05, 0.1) is 42.0 Å². The van der Waals surface area contributed by atoms with Gasteiger partial charge >= 0.3 is 30.6 Å². The number of alkyl halides is 9. The lowest BCUT2D eigenvalue weighted by molar-refractivity contribution is -0.143. The van der Waals surface area contributed by atoms with Crippen LogP contribution in [-0.4, -0.2) is 35.2 Å². The molecule has 1 unspecified atom stereocenters. The molecule has 0 aliphatic carbocycles. The molecule has 2 atom stereocenters. The SMILES string of the molecule is COc1ccc(-c2ccc(C(=O)O)cc2C)cc1-c1ccc(C(F)(F)F)cc1CN1C(=O)OC(c2cc(C(F)(F)F)cc(C(F)(F)F)c2)[C@@H]1C. The van der Waals surface area contributed by atoms with Gasteiger partial charge in [0, 0.05) is 5.56 Å². The summed E-state index contributed by atoms with van der Waals surface area (Å²) >= 11 is 0. The van der Waals surface area contributed by atoms with E-state index < -0.39 is 71.5 Å². The van der Waals surface area contributed by atoms with E-state index >= 15 is 0 Å². The van der Waals surface area contributed by atoms with Crippen molar-refractivity contribution in [2.24, 2.45) is 0 Å². The molecule has 1 aliphatic rings. The maximum Gasteiger partial charge on any atom is 0.416 e. The second-order valence-electron chi connectivity index (χ2n) is 11.6. The fourth-order valence-electron chi connectivity index (χ4n) is 5.86. The lowest BCUT2D eigenvalue weighted by Gasteiger charge is -2.24. The zero-order valence-electron chi connectivity index (χ0n) is 26.2. The van der Waals surface area contributed by atoms with Gasteiger partial charge in [0.1, 0.15) is 11.9 Å². The Morgan fingerprint density at radius 1 is 0.780 bits per heavy atom. The average Bonchev–Trinajstić information content (AvgIpc) is 3.31. The van der Waals surface area contributed by atoms with E-state index in [1.54, 1.807) is 31.2 Å². The minimum Gasteiger partial charge on any atom is -0.496 e. The summed E-state index contributed by atoms with van der Waals surface area (Å²) in [5.74, 6) is -0.927. The van der Waals surface area contributed by atoms with Crippen molar-refractivity contribution in [3.8, 4) is 28.0 Å². The molecule has 1 saturated heterocycles. The minimum absolute atomic E-state index is 0.0368. The minimum atomic E-state index is -5.17. The summed E-state index contributed by atoms with van der Waals surface area (Å²) in [5, 5.41) is 9.34.